The molecule has 8 rings (SSSR count). The number of unbranched alkanes of at least 4 members (excludes halogenated alkanes) is 2. The molecule has 0 unspecified atom stereocenters. The molecule has 0 bridgehead atoms. The first-order chi connectivity index (χ1) is 22.1. The van der Waals surface area contributed by atoms with Crippen LogP contribution in [0, 0.1) is 11.8 Å². The van der Waals surface area contributed by atoms with Crippen molar-refractivity contribution in [2.75, 3.05) is 0 Å². The Kier molecular flexibility index (Phi) is 6.24. The first-order valence-electron chi connectivity index (χ1n) is 15.9. The second-order valence-electron chi connectivity index (χ2n) is 11.9. The monoisotopic (exact) mass is 593 g/mol. The molecule has 0 saturated heterocycles. The Morgan fingerprint density at radius 2 is 1.24 bits per heavy atom. The molecule has 0 amide bonds. The van der Waals surface area contributed by atoms with Gasteiger partial charge in [-0.2, -0.15) is 0 Å². The fourth-order valence-electron chi connectivity index (χ4n) is 7.27. The average molecular weight is 594 g/mol. The molecule has 2 aliphatic heterocycles. The summed E-state index contributed by atoms with van der Waals surface area (Å²) in [6, 6.07) is 32.1. The maximum atomic E-state index is 5.62. The summed E-state index contributed by atoms with van der Waals surface area (Å²) in [5.74, 6) is 9.06. The van der Waals surface area contributed by atoms with Crippen LogP contribution in [0.2, 0.25) is 0 Å². The molecule has 3 aromatic heterocycles. The number of fused-ring (bicyclic) bond motifs is 10. The Morgan fingerprint density at radius 1 is 0.711 bits per heavy atom. The quantitative estimate of drug-likeness (QED) is 0.122. The highest BCUT2D eigenvalue weighted by atomic mass is 15.5. The zero-order valence-corrected chi connectivity index (χ0v) is 25.7. The number of aryl methyl sites for hydroxylation is 2. The Morgan fingerprint density at radius 3 is 1.76 bits per heavy atom. The smallest absolute Gasteiger partial charge is 0.370 e. The third kappa shape index (κ3) is 3.80. The van der Waals surface area contributed by atoms with Crippen molar-refractivity contribution in [3.05, 3.63) is 96.6 Å². The molecule has 5 heterocycles. The summed E-state index contributed by atoms with van der Waals surface area (Å²) in [4.78, 5) is 4.19. The summed E-state index contributed by atoms with van der Waals surface area (Å²) < 4.78 is 12.5. The summed E-state index contributed by atoms with van der Waals surface area (Å²) >= 11 is 0. The molecule has 0 saturated carbocycles. The molecule has 222 valence electrons. The highest BCUT2D eigenvalue weighted by molar-refractivity contribution is 5.81. The van der Waals surface area contributed by atoms with Gasteiger partial charge in [-0.15, -0.1) is 9.13 Å². The zero-order chi connectivity index (χ0) is 30.7. The van der Waals surface area contributed by atoms with Gasteiger partial charge in [0.15, 0.2) is 28.0 Å². The summed E-state index contributed by atoms with van der Waals surface area (Å²) in [7, 11) is 0. The van der Waals surface area contributed by atoms with Crippen LogP contribution in [0.15, 0.2) is 96.0 Å². The minimum absolute atomic E-state index is 0.0388. The summed E-state index contributed by atoms with van der Waals surface area (Å²) in [6.07, 6.45) is 4.44. The molecule has 2 aliphatic rings. The second-order valence-corrected chi connectivity index (χ2v) is 11.9. The highest BCUT2D eigenvalue weighted by Gasteiger charge is 2.73. The van der Waals surface area contributed by atoms with Crippen LogP contribution in [0.5, 0.6) is 0 Å². The number of aromatic nitrogens is 5. The van der Waals surface area contributed by atoms with E-state index in [0.29, 0.717) is 5.69 Å². The topological polar surface area (TPSA) is 85.9 Å². The second kappa shape index (κ2) is 10.3. The molecule has 4 N–H and O–H groups in total. The summed E-state index contributed by atoms with van der Waals surface area (Å²) in [5.41, 5.74) is 20.0. The van der Waals surface area contributed by atoms with Crippen LogP contribution < -0.4 is 25.2 Å². The number of guanidine groups is 1. The van der Waals surface area contributed by atoms with Crippen molar-refractivity contribution < 1.29 is 13.7 Å². The summed E-state index contributed by atoms with van der Waals surface area (Å²) in [5, 5.41) is 0. The number of imidazole rings is 2. The predicted octanol–water partition coefficient (Wildman–Crippen LogP) is 4.68. The lowest BCUT2D eigenvalue weighted by molar-refractivity contribution is -0.728. The lowest BCUT2D eigenvalue weighted by Gasteiger charge is -2.10. The Balaban J connectivity index is 1.50. The van der Waals surface area contributed by atoms with E-state index >= 15 is 0 Å². The molecule has 8 heteroatoms. The van der Waals surface area contributed by atoms with E-state index in [9.17, 15) is 0 Å². The molecule has 8 nitrogen and oxygen atoms in total. The van der Waals surface area contributed by atoms with Gasteiger partial charge >= 0.3 is 28.8 Å². The van der Waals surface area contributed by atoms with Crippen LogP contribution in [-0.2, 0) is 18.9 Å². The minimum Gasteiger partial charge on any atom is -0.370 e. The Labute approximate surface area is 262 Å². The van der Waals surface area contributed by atoms with Crippen LogP contribution in [0.1, 0.15) is 45.1 Å². The zero-order valence-electron chi connectivity index (χ0n) is 25.7. The van der Waals surface area contributed by atoms with Gasteiger partial charge in [-0.1, -0.05) is 61.4 Å². The third-order valence-electron chi connectivity index (χ3n) is 9.12. The van der Waals surface area contributed by atoms with Crippen molar-refractivity contribution in [3.63, 3.8) is 0 Å². The van der Waals surface area contributed by atoms with Gasteiger partial charge in [0.05, 0.1) is 24.7 Å². The number of hydrogen-bond donors (Lipinski definition) is 2. The molecular formula is C37H37N8+3. The van der Waals surface area contributed by atoms with Gasteiger partial charge in [-0.3, -0.25) is 0 Å². The summed E-state index contributed by atoms with van der Waals surface area (Å²) in [6.45, 7) is 6.39. The number of nitrogens with two attached hydrogens (primary N) is 2. The molecule has 45 heavy (non-hydrogen) atoms. The molecular weight excluding hydrogens is 556 g/mol. The van der Waals surface area contributed by atoms with Gasteiger partial charge in [0.1, 0.15) is 0 Å². The van der Waals surface area contributed by atoms with E-state index in [1.54, 1.807) is 0 Å². The largest absolute Gasteiger partial charge is 0.528 e. The first-order valence-corrected chi connectivity index (χ1v) is 15.9. The van der Waals surface area contributed by atoms with Crippen molar-refractivity contribution in [1.82, 2.24) is 9.13 Å². The Bertz CT molecular complexity index is 2110. The SMILES string of the molecule is CCCC[n+]1c2n(c3ccccc31)C1(C#Cc3ccc(N=C(N)N)cc3)n3c([n+](CCCC)c4ccccc43)-c3cccc-2[n+]31. The standard InChI is InChI=1S/C37H37N8/c1-3-5-24-41-28-12-7-9-14-30(28)44-34(41)32-16-11-17-33-35-42(25-6-4-2)29-13-8-10-15-31(29)45(35)37(44,43(32)33)23-22-26-18-20-27(21-19-26)40-36(38)39/h7-21H,3-6,24-25H2,1-2H3,(H4,38,39,40)/q+3. The fraction of sp³-hybridized carbons (Fsp3) is 0.243. The molecule has 0 fully saturated rings. The third-order valence-corrected chi connectivity index (χ3v) is 9.12. The normalized spacial score (nSPS) is 13.4. The molecule has 0 atom stereocenters. The van der Waals surface area contributed by atoms with Crippen LogP contribution in [-0.4, -0.2) is 15.1 Å². The predicted molar refractivity (Wildman–Crippen MR) is 176 cm³/mol. The van der Waals surface area contributed by atoms with Crippen LogP contribution >= 0.6 is 0 Å². The lowest BCUT2D eigenvalue weighted by atomic mass is 10.2. The van der Waals surface area contributed by atoms with Crippen LogP contribution in [0.4, 0.5) is 5.69 Å². The number of hydrogen-bond acceptors (Lipinski definition) is 1. The first kappa shape index (κ1) is 27.2. The fourth-order valence-corrected chi connectivity index (χ4v) is 7.27. The van der Waals surface area contributed by atoms with E-state index in [-0.39, 0.29) is 5.96 Å². The van der Waals surface area contributed by atoms with E-state index in [1.807, 2.05) is 24.3 Å². The minimum atomic E-state index is -0.858. The Hall–Kier alpha value is -5.42. The van der Waals surface area contributed by atoms with Gasteiger partial charge in [-0.25, -0.2) is 14.1 Å². The van der Waals surface area contributed by atoms with Gasteiger partial charge < -0.3 is 11.5 Å². The van der Waals surface area contributed by atoms with Gasteiger partial charge in [0.25, 0.3) is 0 Å². The maximum absolute atomic E-state index is 5.62. The van der Waals surface area contributed by atoms with Gasteiger partial charge in [0.2, 0.25) is 0 Å². The number of pyridine rings is 1. The number of rotatable bonds is 7. The lowest BCUT2D eigenvalue weighted by Crippen LogP contribution is -2.58. The molecule has 3 aromatic carbocycles. The highest BCUT2D eigenvalue weighted by Crippen LogP contribution is 2.44. The van der Waals surface area contributed by atoms with Gasteiger partial charge in [-0.05, 0) is 67.4 Å². The molecule has 0 aliphatic carbocycles. The number of benzene rings is 3. The van der Waals surface area contributed by atoms with E-state index in [4.69, 9.17) is 11.5 Å². The van der Waals surface area contributed by atoms with Crippen molar-refractivity contribution in [2.45, 2.75) is 58.4 Å². The van der Waals surface area contributed by atoms with Crippen molar-refractivity contribution in [3.8, 4) is 34.9 Å². The molecule has 0 radical (unpaired) electrons. The van der Waals surface area contributed by atoms with Gasteiger partial charge in [0, 0.05) is 17.7 Å². The van der Waals surface area contributed by atoms with Crippen LogP contribution in [0.25, 0.3) is 45.1 Å². The van der Waals surface area contributed by atoms with E-state index < -0.39 is 5.79 Å². The number of para-hydroxylation sites is 4. The molecule has 6 aromatic rings. The van der Waals surface area contributed by atoms with E-state index in [2.05, 4.69) is 120 Å². The van der Waals surface area contributed by atoms with Crippen molar-refractivity contribution >= 4 is 33.7 Å². The molecule has 0 spiro atoms. The van der Waals surface area contributed by atoms with Crippen LogP contribution in [0.3, 0.4) is 0 Å². The number of nitrogens with zero attached hydrogens (tertiary/aromatic N) is 6. The van der Waals surface area contributed by atoms with Crippen molar-refractivity contribution in [2.24, 2.45) is 16.5 Å². The average Bonchev–Trinajstić information content (AvgIpc) is 3.74. The van der Waals surface area contributed by atoms with Crippen molar-refractivity contribution in [1.29, 1.82) is 0 Å². The van der Waals surface area contributed by atoms with E-state index in [0.717, 1.165) is 44.3 Å². The maximum Gasteiger partial charge on any atom is 0.528 e. The van der Waals surface area contributed by atoms with E-state index in [1.165, 1.54) is 45.1 Å². The number of aliphatic imine (C=N–C) groups is 1.